The highest BCUT2D eigenvalue weighted by molar-refractivity contribution is 6.31. The fraction of sp³-hybridized carbons (Fsp3) is 0.0690. The van der Waals surface area contributed by atoms with Gasteiger partial charge in [0, 0.05) is 29.6 Å². The summed E-state index contributed by atoms with van der Waals surface area (Å²) in [6, 6.07) is 32.6. The van der Waals surface area contributed by atoms with E-state index in [0.29, 0.717) is 13.2 Å². The Morgan fingerprint density at radius 2 is 1.57 bits per heavy atom. The number of hydrogen-bond acceptors (Lipinski definition) is 3. The van der Waals surface area contributed by atoms with E-state index >= 15 is 0 Å². The molecule has 1 heterocycles. The number of benzene rings is 4. The van der Waals surface area contributed by atoms with Crippen molar-refractivity contribution in [1.82, 2.24) is 9.78 Å². The maximum Gasteiger partial charge on any atom is 0.141 e. The van der Waals surface area contributed by atoms with Crippen LogP contribution in [0, 0.1) is 5.82 Å². The molecule has 35 heavy (non-hydrogen) atoms. The van der Waals surface area contributed by atoms with Crippen molar-refractivity contribution in [2.75, 3.05) is 5.32 Å². The van der Waals surface area contributed by atoms with Gasteiger partial charge in [-0.15, -0.1) is 0 Å². The average molecular weight is 484 g/mol. The minimum absolute atomic E-state index is 0.0845. The molecule has 5 aromatic rings. The van der Waals surface area contributed by atoms with E-state index in [1.165, 1.54) is 6.07 Å². The van der Waals surface area contributed by atoms with E-state index in [-0.39, 0.29) is 5.02 Å². The normalized spacial score (nSPS) is 10.8. The van der Waals surface area contributed by atoms with Gasteiger partial charge in [0.1, 0.15) is 18.2 Å². The van der Waals surface area contributed by atoms with Crippen molar-refractivity contribution in [2.24, 2.45) is 0 Å². The van der Waals surface area contributed by atoms with Crippen molar-refractivity contribution in [3.05, 3.63) is 131 Å². The summed E-state index contributed by atoms with van der Waals surface area (Å²) < 4.78 is 21.3. The molecule has 0 radical (unpaired) electrons. The van der Waals surface area contributed by atoms with E-state index in [1.54, 1.807) is 12.1 Å². The molecule has 0 atom stereocenters. The van der Waals surface area contributed by atoms with Gasteiger partial charge in [0.15, 0.2) is 0 Å². The minimum Gasteiger partial charge on any atom is -0.489 e. The average Bonchev–Trinajstić information content (AvgIpc) is 3.34. The number of rotatable bonds is 8. The number of nitrogens with zero attached hydrogens (tertiary/aromatic N) is 2. The number of ether oxygens (including phenoxy) is 1. The number of halogens is 2. The van der Waals surface area contributed by atoms with Crippen molar-refractivity contribution in [3.8, 4) is 22.7 Å². The molecule has 0 fully saturated rings. The molecule has 0 amide bonds. The van der Waals surface area contributed by atoms with Crippen LogP contribution in [0.2, 0.25) is 5.02 Å². The lowest BCUT2D eigenvalue weighted by Gasteiger charge is -2.09. The molecular formula is C29H23ClFN3O. The lowest BCUT2D eigenvalue weighted by atomic mass is 10.1. The van der Waals surface area contributed by atoms with Gasteiger partial charge in [-0.3, -0.25) is 0 Å². The molecule has 6 heteroatoms. The van der Waals surface area contributed by atoms with Gasteiger partial charge in [-0.2, -0.15) is 5.10 Å². The van der Waals surface area contributed by atoms with Crippen LogP contribution in [0.15, 0.2) is 109 Å². The van der Waals surface area contributed by atoms with Gasteiger partial charge in [0.25, 0.3) is 0 Å². The van der Waals surface area contributed by atoms with E-state index in [4.69, 9.17) is 21.4 Å². The first kappa shape index (κ1) is 22.7. The van der Waals surface area contributed by atoms with E-state index in [0.717, 1.165) is 39.5 Å². The zero-order valence-corrected chi connectivity index (χ0v) is 19.6. The van der Waals surface area contributed by atoms with Gasteiger partial charge in [0.2, 0.25) is 0 Å². The molecule has 0 unspecified atom stereocenters. The Kier molecular flexibility index (Phi) is 6.77. The Bertz CT molecular complexity index is 1400. The highest BCUT2D eigenvalue weighted by Crippen LogP contribution is 2.27. The maximum atomic E-state index is 13.5. The second kappa shape index (κ2) is 10.5. The molecule has 0 spiro atoms. The molecule has 0 aliphatic carbocycles. The Hall–Kier alpha value is -4.09. The summed E-state index contributed by atoms with van der Waals surface area (Å²) in [5.74, 6) is 0.352. The highest BCUT2D eigenvalue weighted by Gasteiger charge is 2.13. The number of anilines is 1. The summed E-state index contributed by atoms with van der Waals surface area (Å²) >= 11 is 5.94. The van der Waals surface area contributed by atoms with Crippen LogP contribution in [0.5, 0.6) is 5.75 Å². The predicted molar refractivity (Wildman–Crippen MR) is 139 cm³/mol. The second-order valence-electron chi connectivity index (χ2n) is 8.06. The van der Waals surface area contributed by atoms with Crippen molar-refractivity contribution in [2.45, 2.75) is 13.2 Å². The van der Waals surface area contributed by atoms with Gasteiger partial charge >= 0.3 is 0 Å². The summed E-state index contributed by atoms with van der Waals surface area (Å²) in [4.78, 5) is 0. The zero-order valence-electron chi connectivity index (χ0n) is 18.9. The standard InChI is InChI=1S/C29H23ClFN3O/c30-27-17-24(13-16-28(27)31)32-18-23-19-34(25-9-5-2-6-10-25)33-29(23)22-11-14-26(15-12-22)35-20-21-7-3-1-4-8-21/h1-17,19,32H,18,20H2. The first-order valence-corrected chi connectivity index (χ1v) is 11.6. The summed E-state index contributed by atoms with van der Waals surface area (Å²) in [5, 5.41) is 8.28. The number of para-hydroxylation sites is 1. The molecule has 4 nitrogen and oxygen atoms in total. The highest BCUT2D eigenvalue weighted by atomic mass is 35.5. The molecule has 174 valence electrons. The monoisotopic (exact) mass is 483 g/mol. The molecule has 0 saturated heterocycles. The van der Waals surface area contributed by atoms with Crippen molar-refractivity contribution < 1.29 is 9.13 Å². The molecule has 5 rings (SSSR count). The Morgan fingerprint density at radius 3 is 2.29 bits per heavy atom. The molecule has 4 aromatic carbocycles. The van der Waals surface area contributed by atoms with Gasteiger partial charge in [-0.25, -0.2) is 9.07 Å². The lowest BCUT2D eigenvalue weighted by Crippen LogP contribution is -2.00. The molecule has 0 aliphatic rings. The second-order valence-corrected chi connectivity index (χ2v) is 8.47. The number of hydrogen-bond donors (Lipinski definition) is 1. The molecule has 0 aliphatic heterocycles. The fourth-order valence-corrected chi connectivity index (χ4v) is 3.93. The van der Waals surface area contributed by atoms with Crippen LogP contribution in [-0.4, -0.2) is 9.78 Å². The molecule has 1 aromatic heterocycles. The van der Waals surface area contributed by atoms with E-state index in [2.05, 4.69) is 5.32 Å². The number of aromatic nitrogens is 2. The summed E-state index contributed by atoms with van der Waals surface area (Å²) in [6.07, 6.45) is 2.00. The molecule has 1 N–H and O–H groups in total. The van der Waals surface area contributed by atoms with Crippen LogP contribution >= 0.6 is 11.6 Å². The first-order valence-electron chi connectivity index (χ1n) is 11.3. The first-order chi connectivity index (χ1) is 17.2. The van der Waals surface area contributed by atoms with Crippen LogP contribution in [-0.2, 0) is 13.2 Å². The van der Waals surface area contributed by atoms with Gasteiger partial charge in [-0.1, -0.05) is 60.1 Å². The third-order valence-corrected chi connectivity index (χ3v) is 5.88. The van der Waals surface area contributed by atoms with Crippen LogP contribution in [0.1, 0.15) is 11.1 Å². The van der Waals surface area contributed by atoms with Gasteiger partial charge < -0.3 is 10.1 Å². The van der Waals surface area contributed by atoms with Crippen LogP contribution in [0.25, 0.3) is 16.9 Å². The van der Waals surface area contributed by atoms with Crippen molar-refractivity contribution >= 4 is 17.3 Å². The summed E-state index contributed by atoms with van der Waals surface area (Å²) in [5.41, 5.74) is 5.64. The van der Waals surface area contributed by atoms with E-state index < -0.39 is 5.82 Å². The maximum absolute atomic E-state index is 13.5. The topological polar surface area (TPSA) is 39.1 Å². The Labute approximate surface area is 208 Å². The summed E-state index contributed by atoms with van der Waals surface area (Å²) in [6.45, 7) is 1.01. The SMILES string of the molecule is Fc1ccc(NCc2cn(-c3ccccc3)nc2-c2ccc(OCc3ccccc3)cc2)cc1Cl. The van der Waals surface area contributed by atoms with Gasteiger partial charge in [-0.05, 0) is 60.2 Å². The fourth-order valence-electron chi connectivity index (χ4n) is 3.75. The van der Waals surface area contributed by atoms with Crippen molar-refractivity contribution in [3.63, 3.8) is 0 Å². The predicted octanol–water partition coefficient (Wildman–Crippen LogP) is 7.52. The van der Waals surface area contributed by atoms with Crippen LogP contribution in [0.3, 0.4) is 0 Å². The largest absolute Gasteiger partial charge is 0.489 e. The summed E-state index contributed by atoms with van der Waals surface area (Å²) in [7, 11) is 0. The molecular weight excluding hydrogens is 461 g/mol. The molecule has 0 bridgehead atoms. The molecule has 0 saturated carbocycles. The minimum atomic E-state index is -0.440. The third-order valence-electron chi connectivity index (χ3n) is 5.59. The quantitative estimate of drug-likeness (QED) is 0.248. The van der Waals surface area contributed by atoms with E-state index in [9.17, 15) is 4.39 Å². The van der Waals surface area contributed by atoms with Crippen LogP contribution in [0.4, 0.5) is 10.1 Å². The van der Waals surface area contributed by atoms with Crippen LogP contribution < -0.4 is 10.1 Å². The Balaban J connectivity index is 1.39. The number of nitrogens with one attached hydrogen (secondary N) is 1. The lowest BCUT2D eigenvalue weighted by molar-refractivity contribution is 0.306. The third kappa shape index (κ3) is 5.53. The van der Waals surface area contributed by atoms with Crippen molar-refractivity contribution in [1.29, 1.82) is 0 Å². The zero-order chi connectivity index (χ0) is 24.0. The smallest absolute Gasteiger partial charge is 0.141 e. The van der Waals surface area contributed by atoms with E-state index in [1.807, 2.05) is 95.8 Å². The Morgan fingerprint density at radius 1 is 0.857 bits per heavy atom. The van der Waals surface area contributed by atoms with Gasteiger partial charge in [0.05, 0.1) is 16.4 Å².